The first-order valence-electron chi connectivity index (χ1n) is 5.55. The molecule has 0 amide bonds. The van der Waals surface area contributed by atoms with Crippen molar-refractivity contribution in [1.29, 1.82) is 0 Å². The van der Waals surface area contributed by atoms with Crippen molar-refractivity contribution in [1.82, 2.24) is 0 Å². The smallest absolute Gasteiger partial charge is 0.0223 e. The van der Waals surface area contributed by atoms with E-state index in [1.165, 1.54) is 32.1 Å². The standard InChI is InChI=1S/C12H25Cl/c1-5-11(8-6-7-9-13)10-12(2,3)4/h11H,5-10H2,1-4H3/t11-/m0/s1. The van der Waals surface area contributed by atoms with E-state index in [0.29, 0.717) is 5.41 Å². The van der Waals surface area contributed by atoms with E-state index in [9.17, 15) is 0 Å². The van der Waals surface area contributed by atoms with Gasteiger partial charge in [0.25, 0.3) is 0 Å². The average Bonchev–Trinajstić information content (AvgIpc) is 2.01. The fourth-order valence-corrected chi connectivity index (χ4v) is 2.03. The predicted octanol–water partition coefficient (Wildman–Crippen LogP) is 4.86. The minimum atomic E-state index is 0.488. The van der Waals surface area contributed by atoms with Gasteiger partial charge in [-0.1, -0.05) is 47.0 Å². The van der Waals surface area contributed by atoms with Crippen molar-refractivity contribution in [2.45, 2.75) is 59.8 Å². The Bertz CT molecular complexity index is 113. The summed E-state index contributed by atoms with van der Waals surface area (Å²) in [7, 11) is 0. The molecule has 0 aliphatic heterocycles. The third-order valence-electron chi connectivity index (χ3n) is 2.47. The minimum absolute atomic E-state index is 0.488. The fraction of sp³-hybridized carbons (Fsp3) is 1.00. The molecule has 0 saturated carbocycles. The zero-order valence-corrected chi connectivity index (χ0v) is 10.5. The molecule has 0 fully saturated rings. The largest absolute Gasteiger partial charge is 0.127 e. The van der Waals surface area contributed by atoms with Crippen LogP contribution in [0.25, 0.3) is 0 Å². The van der Waals surface area contributed by atoms with E-state index in [-0.39, 0.29) is 0 Å². The molecule has 0 aromatic heterocycles. The van der Waals surface area contributed by atoms with Crippen LogP contribution in [0, 0.1) is 11.3 Å². The lowest BCUT2D eigenvalue weighted by Gasteiger charge is -2.25. The van der Waals surface area contributed by atoms with Crippen LogP contribution in [0.15, 0.2) is 0 Å². The molecule has 0 rings (SSSR count). The highest BCUT2D eigenvalue weighted by molar-refractivity contribution is 6.17. The van der Waals surface area contributed by atoms with Gasteiger partial charge < -0.3 is 0 Å². The molecule has 0 aromatic rings. The van der Waals surface area contributed by atoms with Gasteiger partial charge >= 0.3 is 0 Å². The first kappa shape index (κ1) is 13.3. The van der Waals surface area contributed by atoms with Crippen molar-refractivity contribution >= 4 is 11.6 Å². The van der Waals surface area contributed by atoms with E-state index in [0.717, 1.165) is 11.8 Å². The molecule has 80 valence electrons. The Morgan fingerprint density at radius 2 is 1.77 bits per heavy atom. The van der Waals surface area contributed by atoms with Crippen LogP contribution in [0.3, 0.4) is 0 Å². The maximum absolute atomic E-state index is 5.66. The summed E-state index contributed by atoms with van der Waals surface area (Å²) in [5, 5.41) is 0. The summed E-state index contributed by atoms with van der Waals surface area (Å²) in [5.41, 5.74) is 0.488. The van der Waals surface area contributed by atoms with E-state index in [1.807, 2.05) is 0 Å². The van der Waals surface area contributed by atoms with E-state index in [4.69, 9.17) is 11.6 Å². The highest BCUT2D eigenvalue weighted by Crippen LogP contribution is 2.29. The molecule has 0 radical (unpaired) electrons. The zero-order valence-electron chi connectivity index (χ0n) is 9.70. The quantitative estimate of drug-likeness (QED) is 0.428. The van der Waals surface area contributed by atoms with E-state index >= 15 is 0 Å². The lowest BCUT2D eigenvalue weighted by molar-refractivity contribution is 0.272. The molecule has 1 atom stereocenters. The highest BCUT2D eigenvalue weighted by atomic mass is 35.5. The number of halogens is 1. The monoisotopic (exact) mass is 204 g/mol. The van der Waals surface area contributed by atoms with Crippen LogP contribution in [-0.4, -0.2) is 5.88 Å². The van der Waals surface area contributed by atoms with Gasteiger partial charge in [-0.25, -0.2) is 0 Å². The van der Waals surface area contributed by atoms with Crippen molar-refractivity contribution in [3.63, 3.8) is 0 Å². The number of alkyl halides is 1. The van der Waals surface area contributed by atoms with Crippen LogP contribution in [0.4, 0.5) is 0 Å². The van der Waals surface area contributed by atoms with E-state index in [1.54, 1.807) is 0 Å². The summed E-state index contributed by atoms with van der Waals surface area (Å²) in [6.45, 7) is 9.29. The molecular weight excluding hydrogens is 180 g/mol. The first-order chi connectivity index (χ1) is 5.99. The molecular formula is C12H25Cl. The SMILES string of the molecule is CC[C@@H](CCCCCl)CC(C)(C)C. The van der Waals surface area contributed by atoms with Crippen molar-refractivity contribution in [2.24, 2.45) is 11.3 Å². The van der Waals surface area contributed by atoms with E-state index < -0.39 is 0 Å². The average molecular weight is 205 g/mol. The van der Waals surface area contributed by atoms with Crippen molar-refractivity contribution < 1.29 is 0 Å². The normalized spacial score (nSPS) is 14.5. The van der Waals surface area contributed by atoms with Crippen LogP contribution in [-0.2, 0) is 0 Å². The maximum Gasteiger partial charge on any atom is 0.0223 e. The van der Waals surface area contributed by atoms with Crippen LogP contribution in [0.5, 0.6) is 0 Å². The second-order valence-electron chi connectivity index (χ2n) is 5.22. The van der Waals surface area contributed by atoms with E-state index in [2.05, 4.69) is 27.7 Å². The third-order valence-corrected chi connectivity index (χ3v) is 2.74. The molecule has 1 heteroatoms. The van der Waals surface area contributed by atoms with Gasteiger partial charge in [-0.15, -0.1) is 11.6 Å². The summed E-state index contributed by atoms with van der Waals surface area (Å²) in [4.78, 5) is 0. The molecule has 0 N–H and O–H groups in total. The van der Waals surface area contributed by atoms with Crippen molar-refractivity contribution in [3.05, 3.63) is 0 Å². The second kappa shape index (κ2) is 6.70. The molecule has 0 heterocycles. The molecule has 0 bridgehead atoms. The first-order valence-corrected chi connectivity index (χ1v) is 6.09. The summed E-state index contributed by atoms with van der Waals surface area (Å²) >= 11 is 5.66. The summed E-state index contributed by atoms with van der Waals surface area (Å²) in [6.07, 6.45) is 6.52. The van der Waals surface area contributed by atoms with Crippen LogP contribution >= 0.6 is 11.6 Å². The number of rotatable bonds is 6. The number of hydrogen-bond acceptors (Lipinski definition) is 0. The molecule has 13 heavy (non-hydrogen) atoms. The van der Waals surface area contributed by atoms with Crippen molar-refractivity contribution in [3.8, 4) is 0 Å². The Hall–Kier alpha value is 0.290. The molecule has 0 aliphatic carbocycles. The van der Waals surface area contributed by atoms with Gasteiger partial charge in [0, 0.05) is 5.88 Å². The van der Waals surface area contributed by atoms with Gasteiger partial charge in [0.2, 0.25) is 0 Å². The lowest BCUT2D eigenvalue weighted by Crippen LogP contribution is -2.12. The summed E-state index contributed by atoms with van der Waals surface area (Å²) in [5.74, 6) is 1.73. The number of unbranched alkanes of at least 4 members (excludes halogenated alkanes) is 1. The highest BCUT2D eigenvalue weighted by Gasteiger charge is 2.16. The van der Waals surface area contributed by atoms with Crippen molar-refractivity contribution in [2.75, 3.05) is 5.88 Å². The van der Waals surface area contributed by atoms with Gasteiger partial charge in [-0.3, -0.25) is 0 Å². The predicted molar refractivity (Wildman–Crippen MR) is 62.4 cm³/mol. The molecule has 0 aliphatic rings. The lowest BCUT2D eigenvalue weighted by atomic mass is 9.81. The topological polar surface area (TPSA) is 0 Å². The molecule has 0 aromatic carbocycles. The Kier molecular flexibility index (Phi) is 6.85. The van der Waals surface area contributed by atoms with Gasteiger partial charge in [0.15, 0.2) is 0 Å². The summed E-state index contributed by atoms with van der Waals surface area (Å²) < 4.78 is 0. The Morgan fingerprint density at radius 1 is 1.15 bits per heavy atom. The molecule has 0 saturated heterocycles. The van der Waals surface area contributed by atoms with Crippen LogP contribution < -0.4 is 0 Å². The number of hydrogen-bond donors (Lipinski definition) is 0. The fourth-order valence-electron chi connectivity index (χ4n) is 1.84. The Labute approximate surface area is 89.1 Å². The molecule has 0 nitrogen and oxygen atoms in total. The van der Waals surface area contributed by atoms with Crippen LogP contribution in [0.1, 0.15) is 59.8 Å². The van der Waals surface area contributed by atoms with Gasteiger partial charge in [-0.05, 0) is 24.2 Å². The molecule has 0 spiro atoms. The summed E-state index contributed by atoms with van der Waals surface area (Å²) in [6, 6.07) is 0. The minimum Gasteiger partial charge on any atom is -0.127 e. The molecule has 0 unspecified atom stereocenters. The second-order valence-corrected chi connectivity index (χ2v) is 5.60. The van der Waals surface area contributed by atoms with Crippen LogP contribution in [0.2, 0.25) is 0 Å². The van der Waals surface area contributed by atoms with Gasteiger partial charge in [-0.2, -0.15) is 0 Å². The third kappa shape index (κ3) is 8.62. The Balaban J connectivity index is 3.63. The zero-order chi connectivity index (χ0) is 10.3. The van der Waals surface area contributed by atoms with Gasteiger partial charge in [0.05, 0.1) is 0 Å². The Morgan fingerprint density at radius 3 is 2.15 bits per heavy atom. The maximum atomic E-state index is 5.66. The van der Waals surface area contributed by atoms with Gasteiger partial charge in [0.1, 0.15) is 0 Å².